The first-order valence-electron chi connectivity index (χ1n) is 8.69. The number of nitrogens with zero attached hydrogens (tertiary/aromatic N) is 3. The van der Waals surface area contributed by atoms with Gasteiger partial charge in [0.2, 0.25) is 5.88 Å². The van der Waals surface area contributed by atoms with Crippen LogP contribution in [-0.2, 0) is 0 Å². The number of hydrogen-bond acceptors (Lipinski definition) is 7. The van der Waals surface area contributed by atoms with Gasteiger partial charge in [0.25, 0.3) is 0 Å². The SMILES string of the molecule is COc1cc2c(Nc3ccc(Oc4cccc(F)c4)c(OC)c3)ncnc2cn1. The van der Waals surface area contributed by atoms with Crippen molar-refractivity contribution in [2.75, 3.05) is 19.5 Å². The highest BCUT2D eigenvalue weighted by molar-refractivity contribution is 5.90. The second kappa shape index (κ2) is 7.97. The second-order valence-corrected chi connectivity index (χ2v) is 6.02. The summed E-state index contributed by atoms with van der Waals surface area (Å²) in [4.78, 5) is 12.7. The molecule has 0 bridgehead atoms. The molecule has 1 N–H and O–H groups in total. The standard InChI is InChI=1S/C21H17FN4O3/c1-27-19-9-14(6-7-18(19)29-15-5-3-4-13(22)8-15)26-21-16-10-20(28-2)23-11-17(16)24-12-25-21/h3-12H,1-2H3,(H,24,25,26). The van der Waals surface area contributed by atoms with Crippen molar-refractivity contribution < 1.29 is 18.6 Å². The number of halogens is 1. The molecule has 2 aromatic carbocycles. The summed E-state index contributed by atoms with van der Waals surface area (Å²) in [6, 6.07) is 13.0. The molecule has 0 aliphatic heterocycles. The largest absolute Gasteiger partial charge is 0.493 e. The Labute approximate surface area is 166 Å². The van der Waals surface area contributed by atoms with E-state index in [9.17, 15) is 4.39 Å². The fraction of sp³-hybridized carbons (Fsp3) is 0.0952. The Hall–Kier alpha value is -3.94. The summed E-state index contributed by atoms with van der Waals surface area (Å²) < 4.78 is 29.8. The summed E-state index contributed by atoms with van der Waals surface area (Å²) in [5, 5.41) is 4.01. The zero-order chi connectivity index (χ0) is 20.2. The van der Waals surface area contributed by atoms with E-state index in [1.165, 1.54) is 25.6 Å². The summed E-state index contributed by atoms with van der Waals surface area (Å²) in [7, 11) is 3.08. The quantitative estimate of drug-likeness (QED) is 0.509. The molecule has 0 unspecified atom stereocenters. The number of hydrogen-bond donors (Lipinski definition) is 1. The van der Waals surface area contributed by atoms with Crippen molar-refractivity contribution in [2.24, 2.45) is 0 Å². The number of rotatable bonds is 6. The van der Waals surface area contributed by atoms with Crippen LogP contribution in [0.25, 0.3) is 10.9 Å². The number of pyridine rings is 1. The number of nitrogens with one attached hydrogen (secondary N) is 1. The van der Waals surface area contributed by atoms with E-state index in [4.69, 9.17) is 14.2 Å². The summed E-state index contributed by atoms with van der Waals surface area (Å²) in [5.74, 6) is 2.01. The fourth-order valence-electron chi connectivity index (χ4n) is 2.77. The number of methoxy groups -OCH3 is 2. The molecule has 0 fully saturated rings. The Kier molecular flexibility index (Phi) is 5.07. The van der Waals surface area contributed by atoms with E-state index in [0.29, 0.717) is 34.5 Å². The van der Waals surface area contributed by atoms with Crippen LogP contribution in [0.5, 0.6) is 23.1 Å². The van der Waals surface area contributed by atoms with Crippen LogP contribution in [0.2, 0.25) is 0 Å². The van der Waals surface area contributed by atoms with E-state index in [-0.39, 0.29) is 5.82 Å². The third kappa shape index (κ3) is 4.01. The van der Waals surface area contributed by atoms with Gasteiger partial charge in [0.15, 0.2) is 11.5 Å². The van der Waals surface area contributed by atoms with Gasteiger partial charge in [0.1, 0.15) is 23.7 Å². The van der Waals surface area contributed by atoms with E-state index in [1.54, 1.807) is 43.6 Å². The van der Waals surface area contributed by atoms with Gasteiger partial charge in [0.05, 0.1) is 25.9 Å². The Balaban J connectivity index is 1.64. The van der Waals surface area contributed by atoms with E-state index in [2.05, 4.69) is 20.3 Å². The molecule has 4 aromatic rings. The molecule has 2 aromatic heterocycles. The van der Waals surface area contributed by atoms with Crippen molar-refractivity contribution in [3.05, 3.63) is 66.9 Å². The number of fused-ring (bicyclic) bond motifs is 1. The first-order valence-corrected chi connectivity index (χ1v) is 8.69. The van der Waals surface area contributed by atoms with Crippen molar-refractivity contribution >= 4 is 22.4 Å². The predicted octanol–water partition coefficient (Wildman–Crippen LogP) is 4.72. The van der Waals surface area contributed by atoms with Crippen LogP contribution in [-0.4, -0.2) is 29.2 Å². The topological polar surface area (TPSA) is 78.4 Å². The third-order valence-corrected chi connectivity index (χ3v) is 4.16. The third-order valence-electron chi connectivity index (χ3n) is 4.16. The molecule has 0 atom stereocenters. The Morgan fingerprint density at radius 1 is 0.897 bits per heavy atom. The van der Waals surface area contributed by atoms with E-state index < -0.39 is 0 Å². The molecule has 0 saturated carbocycles. The van der Waals surface area contributed by atoms with Crippen LogP contribution in [0.1, 0.15) is 0 Å². The molecule has 7 nitrogen and oxygen atoms in total. The molecule has 0 radical (unpaired) electrons. The van der Waals surface area contributed by atoms with Gasteiger partial charge < -0.3 is 19.5 Å². The first kappa shape index (κ1) is 18.4. The molecule has 2 heterocycles. The molecule has 0 saturated heterocycles. The Morgan fingerprint density at radius 3 is 2.59 bits per heavy atom. The normalized spacial score (nSPS) is 10.6. The van der Waals surface area contributed by atoms with Crippen LogP contribution in [0.3, 0.4) is 0 Å². The Bertz CT molecular complexity index is 1170. The van der Waals surface area contributed by atoms with Gasteiger partial charge in [-0.05, 0) is 24.3 Å². The van der Waals surface area contributed by atoms with Crippen LogP contribution in [0.15, 0.2) is 61.1 Å². The molecular weight excluding hydrogens is 375 g/mol. The maximum atomic E-state index is 13.4. The molecular formula is C21H17FN4O3. The smallest absolute Gasteiger partial charge is 0.213 e. The number of benzene rings is 2. The second-order valence-electron chi connectivity index (χ2n) is 6.02. The lowest BCUT2D eigenvalue weighted by Crippen LogP contribution is -1.98. The maximum Gasteiger partial charge on any atom is 0.213 e. The van der Waals surface area contributed by atoms with Crippen molar-refractivity contribution in [3.8, 4) is 23.1 Å². The van der Waals surface area contributed by atoms with Crippen molar-refractivity contribution in [1.82, 2.24) is 15.0 Å². The molecule has 0 amide bonds. The van der Waals surface area contributed by atoms with Crippen LogP contribution >= 0.6 is 0 Å². The minimum atomic E-state index is -0.375. The molecule has 0 aliphatic carbocycles. The van der Waals surface area contributed by atoms with E-state index in [1.807, 2.05) is 6.07 Å². The summed E-state index contributed by atoms with van der Waals surface area (Å²) in [5.41, 5.74) is 1.41. The van der Waals surface area contributed by atoms with Crippen LogP contribution in [0.4, 0.5) is 15.9 Å². The van der Waals surface area contributed by atoms with Gasteiger partial charge in [-0.15, -0.1) is 0 Å². The number of ether oxygens (including phenoxy) is 3. The number of anilines is 2. The lowest BCUT2D eigenvalue weighted by molar-refractivity contribution is 0.378. The van der Waals surface area contributed by atoms with Gasteiger partial charge in [-0.25, -0.2) is 19.3 Å². The Morgan fingerprint density at radius 2 is 1.79 bits per heavy atom. The highest BCUT2D eigenvalue weighted by atomic mass is 19.1. The summed E-state index contributed by atoms with van der Waals surface area (Å²) in [6.07, 6.45) is 3.08. The van der Waals surface area contributed by atoms with E-state index >= 15 is 0 Å². The molecule has 0 aliphatic rings. The number of aromatic nitrogens is 3. The molecule has 8 heteroatoms. The zero-order valence-corrected chi connectivity index (χ0v) is 15.7. The average molecular weight is 392 g/mol. The van der Waals surface area contributed by atoms with Crippen molar-refractivity contribution in [3.63, 3.8) is 0 Å². The van der Waals surface area contributed by atoms with Crippen molar-refractivity contribution in [2.45, 2.75) is 0 Å². The molecule has 146 valence electrons. The van der Waals surface area contributed by atoms with Gasteiger partial charge in [-0.3, -0.25) is 0 Å². The van der Waals surface area contributed by atoms with Gasteiger partial charge in [-0.2, -0.15) is 0 Å². The average Bonchev–Trinajstić information content (AvgIpc) is 2.74. The van der Waals surface area contributed by atoms with Crippen LogP contribution < -0.4 is 19.5 Å². The highest BCUT2D eigenvalue weighted by Gasteiger charge is 2.11. The lowest BCUT2D eigenvalue weighted by Gasteiger charge is -2.13. The van der Waals surface area contributed by atoms with E-state index in [0.717, 1.165) is 11.1 Å². The van der Waals surface area contributed by atoms with Crippen LogP contribution in [0, 0.1) is 5.82 Å². The maximum absolute atomic E-state index is 13.4. The van der Waals surface area contributed by atoms with Gasteiger partial charge in [0, 0.05) is 29.3 Å². The zero-order valence-electron chi connectivity index (χ0n) is 15.7. The molecule has 0 spiro atoms. The fourth-order valence-corrected chi connectivity index (χ4v) is 2.77. The minimum absolute atomic E-state index is 0.375. The predicted molar refractivity (Wildman–Crippen MR) is 107 cm³/mol. The molecule has 29 heavy (non-hydrogen) atoms. The summed E-state index contributed by atoms with van der Waals surface area (Å²) >= 11 is 0. The van der Waals surface area contributed by atoms with Crippen molar-refractivity contribution in [1.29, 1.82) is 0 Å². The first-order chi connectivity index (χ1) is 14.2. The monoisotopic (exact) mass is 392 g/mol. The minimum Gasteiger partial charge on any atom is -0.493 e. The lowest BCUT2D eigenvalue weighted by atomic mass is 10.2. The van der Waals surface area contributed by atoms with Gasteiger partial charge in [-0.1, -0.05) is 6.07 Å². The molecule has 4 rings (SSSR count). The van der Waals surface area contributed by atoms with Gasteiger partial charge >= 0.3 is 0 Å². The summed E-state index contributed by atoms with van der Waals surface area (Å²) in [6.45, 7) is 0. The highest BCUT2D eigenvalue weighted by Crippen LogP contribution is 2.35.